The number of hydrogen-bond donors (Lipinski definition) is 0. The van der Waals surface area contributed by atoms with Crippen LogP contribution in [0.5, 0.6) is 0 Å². The number of fused-ring (bicyclic) bond motifs is 9. The molecule has 5 heterocycles. The van der Waals surface area contributed by atoms with Gasteiger partial charge in [-0.2, -0.15) is 0 Å². The molecule has 0 fully saturated rings. The molecule has 1 aliphatic heterocycles. The van der Waals surface area contributed by atoms with Crippen LogP contribution in [0.1, 0.15) is 22.5 Å². The molecular formula is C46H25N3O2S. The summed E-state index contributed by atoms with van der Waals surface area (Å²) in [5.74, 6) is 1.87. The smallest absolute Gasteiger partial charge is 0.164 e. The largest absolute Gasteiger partial charge is 0.456 e. The Kier molecular flexibility index (Phi) is 5.52. The molecule has 0 radical (unpaired) electrons. The average Bonchev–Trinajstić information content (AvgIpc) is 3.89. The van der Waals surface area contributed by atoms with Crippen molar-refractivity contribution in [1.29, 1.82) is 0 Å². The van der Waals surface area contributed by atoms with Gasteiger partial charge in [0.15, 0.2) is 17.5 Å². The lowest BCUT2D eigenvalue weighted by Crippen LogP contribution is -2.34. The van der Waals surface area contributed by atoms with Gasteiger partial charge in [0.1, 0.15) is 27.7 Å². The van der Waals surface area contributed by atoms with Crippen LogP contribution >= 0.6 is 11.3 Å². The molecule has 1 atom stereocenters. The van der Waals surface area contributed by atoms with Gasteiger partial charge in [-0.25, -0.2) is 15.0 Å². The standard InChI is InChI=1S/C46H25N3O2S/c1-2-10-27(11-3-1)46(28-21-23-40-33(25-28)30-13-5-7-19-39(30)52-40)34-15-9-18-38-42(34)41-31(14-8-17-37(41)51-38)44-47-43(48-45(46)49-44)26-20-22-36-32(24-26)29-12-4-6-16-35(29)50-36/h1-25H. The highest BCUT2D eigenvalue weighted by Crippen LogP contribution is 2.52. The molecule has 0 spiro atoms. The van der Waals surface area contributed by atoms with Crippen LogP contribution in [-0.2, 0) is 5.41 Å². The van der Waals surface area contributed by atoms with Crippen molar-refractivity contribution in [3.8, 4) is 22.8 Å². The first-order valence-corrected chi connectivity index (χ1v) is 18.2. The van der Waals surface area contributed by atoms with E-state index in [1.54, 1.807) is 0 Å². The third-order valence-corrected chi connectivity index (χ3v) is 11.9. The second kappa shape index (κ2) is 10.2. The summed E-state index contributed by atoms with van der Waals surface area (Å²) in [4.78, 5) is 16.2. The van der Waals surface area contributed by atoms with Gasteiger partial charge in [-0.05, 0) is 71.3 Å². The van der Waals surface area contributed by atoms with E-state index in [9.17, 15) is 0 Å². The predicted molar refractivity (Wildman–Crippen MR) is 210 cm³/mol. The van der Waals surface area contributed by atoms with Crippen LogP contribution in [0.25, 0.3) is 86.8 Å². The van der Waals surface area contributed by atoms with Crippen LogP contribution in [-0.4, -0.2) is 15.0 Å². The first kappa shape index (κ1) is 28.1. The number of nitrogens with zero attached hydrogens (tertiary/aromatic N) is 3. The maximum Gasteiger partial charge on any atom is 0.164 e. The fourth-order valence-corrected chi connectivity index (χ4v) is 9.61. The van der Waals surface area contributed by atoms with E-state index in [4.69, 9.17) is 23.8 Å². The third kappa shape index (κ3) is 3.68. The summed E-state index contributed by atoms with van der Waals surface area (Å²) < 4.78 is 15.3. The highest BCUT2D eigenvalue weighted by atomic mass is 32.1. The molecule has 0 amide bonds. The summed E-state index contributed by atoms with van der Waals surface area (Å²) in [6.07, 6.45) is 0. The maximum atomic E-state index is 6.63. The van der Waals surface area contributed by atoms with Gasteiger partial charge in [0, 0.05) is 52.8 Å². The number of hydrogen-bond acceptors (Lipinski definition) is 6. The highest BCUT2D eigenvalue weighted by molar-refractivity contribution is 7.25. The molecule has 4 aromatic heterocycles. The van der Waals surface area contributed by atoms with Crippen LogP contribution in [0.2, 0.25) is 0 Å². The predicted octanol–water partition coefficient (Wildman–Crippen LogP) is 12.1. The van der Waals surface area contributed by atoms with E-state index >= 15 is 0 Å². The van der Waals surface area contributed by atoms with E-state index < -0.39 is 5.41 Å². The van der Waals surface area contributed by atoms with Crippen LogP contribution < -0.4 is 0 Å². The van der Waals surface area contributed by atoms with Gasteiger partial charge in [0.2, 0.25) is 0 Å². The molecule has 0 saturated heterocycles. The second-order valence-electron chi connectivity index (χ2n) is 13.5. The Labute approximate surface area is 300 Å². The van der Waals surface area contributed by atoms with E-state index in [0.29, 0.717) is 17.5 Å². The Morgan fingerprint density at radius 2 is 1.15 bits per heavy atom. The van der Waals surface area contributed by atoms with Crippen molar-refractivity contribution in [3.63, 3.8) is 0 Å². The Hall–Kier alpha value is -6.63. The van der Waals surface area contributed by atoms with Gasteiger partial charge in [0.05, 0.1) is 0 Å². The summed E-state index contributed by atoms with van der Waals surface area (Å²) in [7, 11) is 0. The average molecular weight is 684 g/mol. The van der Waals surface area contributed by atoms with E-state index in [2.05, 4.69) is 115 Å². The molecule has 0 N–H and O–H groups in total. The SMILES string of the molecule is c1ccc(C2(c3ccc4sc5ccccc5c4c3)c3nc(-c4ccc5oc6ccccc6c5c4)nc(n3)-c3cccc4oc5cccc2c5c34)cc1. The Morgan fingerprint density at radius 1 is 0.442 bits per heavy atom. The molecule has 1 aliphatic rings. The molecule has 0 aliphatic carbocycles. The number of rotatable bonds is 3. The van der Waals surface area contributed by atoms with Crippen LogP contribution in [0.4, 0.5) is 0 Å². The molecule has 2 bridgehead atoms. The maximum absolute atomic E-state index is 6.63. The number of furan rings is 2. The van der Waals surface area contributed by atoms with E-state index in [1.807, 2.05) is 47.7 Å². The molecule has 11 aromatic rings. The van der Waals surface area contributed by atoms with Gasteiger partial charge >= 0.3 is 0 Å². The number of para-hydroxylation sites is 1. The van der Waals surface area contributed by atoms with Crippen LogP contribution in [0.15, 0.2) is 160 Å². The van der Waals surface area contributed by atoms with E-state index in [1.165, 1.54) is 20.2 Å². The lowest BCUT2D eigenvalue weighted by molar-refractivity contribution is 0.664. The van der Waals surface area contributed by atoms with Gasteiger partial charge in [-0.3, -0.25) is 0 Å². The van der Waals surface area contributed by atoms with Gasteiger partial charge in [-0.15, -0.1) is 11.3 Å². The summed E-state index contributed by atoms with van der Waals surface area (Å²) in [6, 6.07) is 53.1. The molecule has 1 unspecified atom stereocenters. The van der Waals surface area contributed by atoms with Gasteiger partial charge in [-0.1, -0.05) is 97.1 Å². The fourth-order valence-electron chi connectivity index (χ4n) is 8.53. The zero-order valence-corrected chi connectivity index (χ0v) is 28.3. The minimum Gasteiger partial charge on any atom is -0.456 e. The number of aromatic nitrogens is 3. The summed E-state index contributed by atoms with van der Waals surface area (Å²) in [5, 5.41) is 6.60. The molecule has 0 saturated carbocycles. The molecule has 7 aromatic carbocycles. The summed E-state index contributed by atoms with van der Waals surface area (Å²) in [5.41, 5.74) is 7.41. The summed E-state index contributed by atoms with van der Waals surface area (Å²) >= 11 is 1.82. The molecule has 12 rings (SSSR count). The van der Waals surface area contributed by atoms with Gasteiger partial charge < -0.3 is 8.83 Å². The normalized spacial score (nSPS) is 15.4. The molecule has 5 nitrogen and oxygen atoms in total. The number of thiophene rings is 1. The quantitative estimate of drug-likeness (QED) is 0.185. The van der Waals surface area contributed by atoms with Crippen molar-refractivity contribution in [2.75, 3.05) is 0 Å². The molecule has 242 valence electrons. The number of benzene rings is 7. The fraction of sp³-hybridized carbons (Fsp3) is 0.0217. The van der Waals surface area contributed by atoms with Crippen molar-refractivity contribution < 1.29 is 8.83 Å². The molecule has 6 heteroatoms. The van der Waals surface area contributed by atoms with Crippen molar-refractivity contribution >= 4 is 75.4 Å². The van der Waals surface area contributed by atoms with Crippen LogP contribution in [0, 0.1) is 0 Å². The zero-order valence-electron chi connectivity index (χ0n) is 27.5. The minimum absolute atomic E-state index is 0.602. The van der Waals surface area contributed by atoms with Crippen molar-refractivity contribution in [2.45, 2.75) is 5.41 Å². The second-order valence-corrected chi connectivity index (χ2v) is 14.6. The van der Waals surface area contributed by atoms with Crippen LogP contribution in [0.3, 0.4) is 0 Å². The highest BCUT2D eigenvalue weighted by Gasteiger charge is 2.45. The first-order valence-electron chi connectivity index (χ1n) is 17.3. The molecular weight excluding hydrogens is 659 g/mol. The van der Waals surface area contributed by atoms with E-state index in [-0.39, 0.29) is 0 Å². The summed E-state index contributed by atoms with van der Waals surface area (Å²) in [6.45, 7) is 0. The van der Waals surface area contributed by atoms with Crippen molar-refractivity contribution in [2.24, 2.45) is 0 Å². The Balaban J connectivity index is 1.26. The lowest BCUT2D eigenvalue weighted by atomic mass is 9.67. The third-order valence-electron chi connectivity index (χ3n) is 10.8. The first-order chi connectivity index (χ1) is 25.7. The minimum atomic E-state index is -0.929. The monoisotopic (exact) mass is 683 g/mol. The van der Waals surface area contributed by atoms with Crippen molar-refractivity contribution in [3.05, 3.63) is 174 Å². The Bertz CT molecular complexity index is 3270. The molecule has 52 heavy (non-hydrogen) atoms. The zero-order chi connectivity index (χ0) is 34.0. The lowest BCUT2D eigenvalue weighted by Gasteiger charge is -2.36. The topological polar surface area (TPSA) is 65.0 Å². The Morgan fingerprint density at radius 3 is 2.08 bits per heavy atom. The van der Waals surface area contributed by atoms with E-state index in [0.717, 1.165) is 71.7 Å². The van der Waals surface area contributed by atoms with Crippen molar-refractivity contribution in [1.82, 2.24) is 15.0 Å². The van der Waals surface area contributed by atoms with Gasteiger partial charge in [0.25, 0.3) is 0 Å².